The van der Waals surface area contributed by atoms with Crippen LogP contribution in [0, 0.1) is 18.6 Å². The van der Waals surface area contributed by atoms with Crippen LogP contribution >= 0.6 is 0 Å². The number of rotatable bonds is 2. The number of furan rings is 1. The van der Waals surface area contributed by atoms with Crippen LogP contribution in [-0.4, -0.2) is 5.91 Å². The largest absolute Gasteiger partial charge is 0.456 e. The number of nitrogens with two attached hydrogens (primary N) is 1. The maximum Gasteiger partial charge on any atom is 0.291 e. The molecule has 1 amide bonds. The summed E-state index contributed by atoms with van der Waals surface area (Å²) in [4.78, 5) is 11.7. The van der Waals surface area contributed by atoms with Crippen molar-refractivity contribution in [2.24, 2.45) is 0 Å². The van der Waals surface area contributed by atoms with Gasteiger partial charge in [0.15, 0.2) is 5.76 Å². The second-order valence-electron chi connectivity index (χ2n) is 3.72. The van der Waals surface area contributed by atoms with Gasteiger partial charge in [-0.3, -0.25) is 4.79 Å². The van der Waals surface area contributed by atoms with E-state index in [1.54, 1.807) is 13.0 Å². The molecule has 0 spiro atoms. The molecule has 0 atom stereocenters. The summed E-state index contributed by atoms with van der Waals surface area (Å²) in [5, 5.41) is 2.25. The van der Waals surface area contributed by atoms with Crippen LogP contribution in [0.2, 0.25) is 0 Å². The highest BCUT2D eigenvalue weighted by Crippen LogP contribution is 2.21. The molecule has 0 unspecified atom stereocenters. The first-order valence-corrected chi connectivity index (χ1v) is 5.09. The van der Waals surface area contributed by atoms with Crippen LogP contribution < -0.4 is 11.1 Å². The van der Waals surface area contributed by atoms with Crippen molar-refractivity contribution in [3.63, 3.8) is 0 Å². The molecule has 4 nitrogen and oxygen atoms in total. The number of carbonyl (C=O) groups excluding carboxylic acids is 1. The van der Waals surface area contributed by atoms with Crippen molar-refractivity contribution in [3.05, 3.63) is 47.4 Å². The van der Waals surface area contributed by atoms with Crippen molar-refractivity contribution in [2.45, 2.75) is 6.92 Å². The number of anilines is 2. The quantitative estimate of drug-likeness (QED) is 0.807. The molecule has 0 fully saturated rings. The van der Waals surface area contributed by atoms with Gasteiger partial charge in [0.1, 0.15) is 17.4 Å². The average Bonchev–Trinajstić information content (AvgIpc) is 2.73. The van der Waals surface area contributed by atoms with E-state index in [4.69, 9.17) is 10.2 Å². The fourth-order valence-corrected chi connectivity index (χ4v) is 1.40. The van der Waals surface area contributed by atoms with E-state index in [0.717, 1.165) is 6.07 Å². The molecule has 0 aliphatic rings. The summed E-state index contributed by atoms with van der Waals surface area (Å²) in [5.41, 5.74) is 4.84. The highest BCUT2D eigenvalue weighted by atomic mass is 19.1. The molecule has 1 heterocycles. The molecule has 1 aromatic carbocycles. The fraction of sp³-hybridized carbons (Fsp3) is 0.0833. The zero-order valence-electron chi connectivity index (χ0n) is 9.46. The smallest absolute Gasteiger partial charge is 0.291 e. The van der Waals surface area contributed by atoms with E-state index >= 15 is 0 Å². The van der Waals surface area contributed by atoms with E-state index in [1.165, 1.54) is 6.07 Å². The Kier molecular flexibility index (Phi) is 3.01. The van der Waals surface area contributed by atoms with Gasteiger partial charge < -0.3 is 15.5 Å². The molecule has 2 rings (SSSR count). The van der Waals surface area contributed by atoms with Gasteiger partial charge in [0.2, 0.25) is 0 Å². The predicted molar refractivity (Wildman–Crippen MR) is 62.2 cm³/mol. The molecule has 6 heteroatoms. The summed E-state index contributed by atoms with van der Waals surface area (Å²) in [5.74, 6) is -1.82. The summed E-state index contributed by atoms with van der Waals surface area (Å²) in [6, 6.07) is 4.68. The first-order valence-electron chi connectivity index (χ1n) is 5.09. The molecule has 0 aliphatic heterocycles. The molecule has 0 saturated heterocycles. The van der Waals surface area contributed by atoms with E-state index < -0.39 is 17.5 Å². The lowest BCUT2D eigenvalue weighted by atomic mass is 10.2. The van der Waals surface area contributed by atoms with Gasteiger partial charge >= 0.3 is 0 Å². The van der Waals surface area contributed by atoms with E-state index in [0.29, 0.717) is 11.8 Å². The van der Waals surface area contributed by atoms with Gasteiger partial charge in [-0.15, -0.1) is 0 Å². The molecule has 0 radical (unpaired) electrons. The van der Waals surface area contributed by atoms with Crippen LogP contribution in [0.3, 0.4) is 0 Å². The summed E-state index contributed by atoms with van der Waals surface area (Å²) in [6.07, 6.45) is 0. The lowest BCUT2D eigenvalue weighted by Gasteiger charge is -2.06. The summed E-state index contributed by atoms with van der Waals surface area (Å²) in [6.45, 7) is 1.67. The summed E-state index contributed by atoms with van der Waals surface area (Å²) in [7, 11) is 0. The standard InChI is InChI=1S/C12H10F2N2O2/c1-6-2-3-11(18-6)12(17)16-10-5-9(15)7(13)4-8(10)14/h2-5H,15H2,1H3,(H,16,17). The van der Waals surface area contributed by atoms with Crippen LogP contribution in [0.5, 0.6) is 0 Å². The van der Waals surface area contributed by atoms with Crippen molar-refractivity contribution in [3.8, 4) is 0 Å². The Morgan fingerprint density at radius 3 is 2.61 bits per heavy atom. The van der Waals surface area contributed by atoms with Gasteiger partial charge in [0, 0.05) is 6.07 Å². The van der Waals surface area contributed by atoms with Crippen LogP contribution in [-0.2, 0) is 0 Å². The molecule has 3 N–H and O–H groups in total. The van der Waals surface area contributed by atoms with Gasteiger partial charge in [0.05, 0.1) is 11.4 Å². The molecular formula is C12H10F2N2O2. The number of nitrogens with one attached hydrogen (secondary N) is 1. The average molecular weight is 252 g/mol. The minimum absolute atomic E-state index is 0.0368. The molecule has 0 saturated carbocycles. The summed E-state index contributed by atoms with van der Waals surface area (Å²) >= 11 is 0. The molecule has 0 bridgehead atoms. The molecule has 2 aromatic rings. The predicted octanol–water partition coefficient (Wildman–Crippen LogP) is 2.70. The Morgan fingerprint density at radius 2 is 2.00 bits per heavy atom. The van der Waals surface area contributed by atoms with Crippen molar-refractivity contribution >= 4 is 17.3 Å². The minimum atomic E-state index is -0.904. The number of amides is 1. The Labute approximate surface area is 101 Å². The van der Waals surface area contributed by atoms with Crippen molar-refractivity contribution in [1.29, 1.82) is 0 Å². The van der Waals surface area contributed by atoms with E-state index in [1.807, 2.05) is 0 Å². The maximum absolute atomic E-state index is 13.4. The number of nitrogen functional groups attached to an aromatic ring is 1. The molecule has 18 heavy (non-hydrogen) atoms. The monoisotopic (exact) mass is 252 g/mol. The third-order valence-electron chi connectivity index (χ3n) is 2.30. The van der Waals surface area contributed by atoms with E-state index in [9.17, 15) is 13.6 Å². The Balaban J connectivity index is 2.24. The number of carbonyl (C=O) groups is 1. The zero-order chi connectivity index (χ0) is 13.3. The van der Waals surface area contributed by atoms with Crippen molar-refractivity contribution in [2.75, 3.05) is 11.1 Å². The molecule has 94 valence electrons. The molecular weight excluding hydrogens is 242 g/mol. The van der Waals surface area contributed by atoms with Crippen LogP contribution in [0.1, 0.15) is 16.3 Å². The number of aryl methyl sites for hydroxylation is 1. The molecule has 1 aromatic heterocycles. The second kappa shape index (κ2) is 4.48. The first-order chi connectivity index (χ1) is 8.47. The van der Waals surface area contributed by atoms with Gasteiger partial charge in [-0.05, 0) is 25.1 Å². The van der Waals surface area contributed by atoms with Gasteiger partial charge in [0.25, 0.3) is 5.91 Å². The summed E-state index contributed by atoms with van der Waals surface area (Å²) < 4.78 is 31.4. The van der Waals surface area contributed by atoms with E-state index in [-0.39, 0.29) is 17.1 Å². The third-order valence-corrected chi connectivity index (χ3v) is 2.30. The number of benzene rings is 1. The van der Waals surface area contributed by atoms with Gasteiger partial charge in [-0.25, -0.2) is 8.78 Å². The van der Waals surface area contributed by atoms with Crippen LogP contribution in [0.25, 0.3) is 0 Å². The highest BCUT2D eigenvalue weighted by molar-refractivity contribution is 6.02. The van der Waals surface area contributed by atoms with Crippen molar-refractivity contribution < 1.29 is 18.0 Å². The Morgan fingerprint density at radius 1 is 1.28 bits per heavy atom. The van der Waals surface area contributed by atoms with Crippen LogP contribution in [0.15, 0.2) is 28.7 Å². The highest BCUT2D eigenvalue weighted by Gasteiger charge is 2.14. The Hall–Kier alpha value is -2.37. The third kappa shape index (κ3) is 2.32. The zero-order valence-corrected chi connectivity index (χ0v) is 9.46. The molecule has 0 aliphatic carbocycles. The number of halogens is 2. The number of hydrogen-bond donors (Lipinski definition) is 2. The van der Waals surface area contributed by atoms with E-state index in [2.05, 4.69) is 5.32 Å². The Bertz CT molecular complexity index is 608. The fourth-order valence-electron chi connectivity index (χ4n) is 1.40. The van der Waals surface area contributed by atoms with Crippen LogP contribution in [0.4, 0.5) is 20.2 Å². The van der Waals surface area contributed by atoms with Gasteiger partial charge in [-0.1, -0.05) is 0 Å². The second-order valence-corrected chi connectivity index (χ2v) is 3.72. The minimum Gasteiger partial charge on any atom is -0.456 e. The lowest BCUT2D eigenvalue weighted by molar-refractivity contribution is 0.0995. The normalized spacial score (nSPS) is 10.4. The van der Waals surface area contributed by atoms with Gasteiger partial charge in [-0.2, -0.15) is 0 Å². The number of hydrogen-bond acceptors (Lipinski definition) is 3. The SMILES string of the molecule is Cc1ccc(C(=O)Nc2cc(N)c(F)cc2F)o1. The topological polar surface area (TPSA) is 68.3 Å². The van der Waals surface area contributed by atoms with Crippen molar-refractivity contribution in [1.82, 2.24) is 0 Å². The maximum atomic E-state index is 13.4. The lowest BCUT2D eigenvalue weighted by Crippen LogP contribution is -2.12. The first kappa shape index (κ1) is 12.1.